The molecule has 0 aliphatic rings. The Morgan fingerprint density at radius 2 is 2.29 bits per heavy atom. The van der Waals surface area contributed by atoms with Gasteiger partial charge in [0.25, 0.3) is 0 Å². The van der Waals surface area contributed by atoms with Crippen LogP contribution >= 0.6 is 0 Å². The minimum absolute atomic E-state index is 0.00158. The van der Waals surface area contributed by atoms with Crippen LogP contribution in [0.1, 0.15) is 25.5 Å². The second kappa shape index (κ2) is 6.25. The van der Waals surface area contributed by atoms with Crippen LogP contribution in [0.3, 0.4) is 0 Å². The molecule has 0 amide bonds. The molecular formula is C14H18N4O3. The van der Waals surface area contributed by atoms with Gasteiger partial charge in [-0.3, -0.25) is 14.8 Å². The van der Waals surface area contributed by atoms with Crippen molar-refractivity contribution in [2.75, 3.05) is 12.4 Å². The number of hydrogen-bond acceptors (Lipinski definition) is 5. The van der Waals surface area contributed by atoms with Crippen LogP contribution < -0.4 is 10.1 Å². The minimum Gasteiger partial charge on any atom is -0.490 e. The van der Waals surface area contributed by atoms with Gasteiger partial charge >= 0.3 is 5.69 Å². The van der Waals surface area contributed by atoms with Gasteiger partial charge in [0.2, 0.25) is 0 Å². The summed E-state index contributed by atoms with van der Waals surface area (Å²) in [4.78, 5) is 10.6. The van der Waals surface area contributed by atoms with Gasteiger partial charge in [-0.1, -0.05) is 0 Å². The van der Waals surface area contributed by atoms with Crippen LogP contribution in [-0.4, -0.2) is 21.8 Å². The fraction of sp³-hybridized carbons (Fsp3) is 0.357. The predicted molar refractivity (Wildman–Crippen MR) is 79.6 cm³/mol. The lowest BCUT2D eigenvalue weighted by Gasteiger charge is -2.14. The zero-order valence-electron chi connectivity index (χ0n) is 12.2. The molecule has 0 saturated carbocycles. The number of anilines is 1. The first kappa shape index (κ1) is 14.8. The maximum Gasteiger partial charge on any atom is 0.312 e. The highest BCUT2D eigenvalue weighted by molar-refractivity contribution is 5.59. The lowest BCUT2D eigenvalue weighted by atomic mass is 10.1. The van der Waals surface area contributed by atoms with Crippen molar-refractivity contribution < 1.29 is 9.66 Å². The molecule has 0 aliphatic carbocycles. The van der Waals surface area contributed by atoms with E-state index in [1.165, 1.54) is 13.2 Å². The Balaban J connectivity index is 2.19. The van der Waals surface area contributed by atoms with Crippen molar-refractivity contribution in [2.45, 2.75) is 26.4 Å². The van der Waals surface area contributed by atoms with Crippen LogP contribution in [0.4, 0.5) is 11.4 Å². The molecule has 2 aromatic rings. The van der Waals surface area contributed by atoms with Gasteiger partial charge in [-0.2, -0.15) is 5.10 Å². The van der Waals surface area contributed by atoms with E-state index < -0.39 is 4.92 Å². The number of methoxy groups -OCH3 is 1. The lowest BCUT2D eigenvalue weighted by Crippen LogP contribution is -2.06. The molecule has 0 aliphatic heterocycles. The summed E-state index contributed by atoms with van der Waals surface area (Å²) in [7, 11) is 1.41. The van der Waals surface area contributed by atoms with Gasteiger partial charge < -0.3 is 10.1 Å². The number of nitrogens with zero attached hydrogens (tertiary/aromatic N) is 3. The van der Waals surface area contributed by atoms with Crippen LogP contribution in [0.15, 0.2) is 30.6 Å². The summed E-state index contributed by atoms with van der Waals surface area (Å²) < 4.78 is 6.82. The van der Waals surface area contributed by atoms with Crippen molar-refractivity contribution in [1.29, 1.82) is 0 Å². The average Bonchev–Trinajstić information content (AvgIpc) is 2.96. The molecule has 0 bridgehead atoms. The number of aromatic nitrogens is 2. The van der Waals surface area contributed by atoms with E-state index in [0.717, 1.165) is 12.1 Å². The van der Waals surface area contributed by atoms with E-state index in [-0.39, 0.29) is 17.5 Å². The molecule has 1 aromatic carbocycles. The minimum atomic E-state index is -0.455. The van der Waals surface area contributed by atoms with E-state index in [1.54, 1.807) is 18.3 Å². The molecule has 1 heterocycles. The quantitative estimate of drug-likeness (QED) is 0.653. The zero-order chi connectivity index (χ0) is 15.4. The third kappa shape index (κ3) is 3.31. The van der Waals surface area contributed by atoms with Crippen LogP contribution in [0, 0.1) is 10.1 Å². The van der Waals surface area contributed by atoms with E-state index >= 15 is 0 Å². The molecule has 21 heavy (non-hydrogen) atoms. The largest absolute Gasteiger partial charge is 0.490 e. The summed E-state index contributed by atoms with van der Waals surface area (Å²) >= 11 is 0. The fourth-order valence-corrected chi connectivity index (χ4v) is 2.03. The maximum absolute atomic E-state index is 11.0. The van der Waals surface area contributed by atoms with Gasteiger partial charge in [-0.15, -0.1) is 0 Å². The van der Waals surface area contributed by atoms with Crippen molar-refractivity contribution in [2.24, 2.45) is 0 Å². The Kier molecular flexibility index (Phi) is 4.42. The Morgan fingerprint density at radius 3 is 2.86 bits per heavy atom. The zero-order valence-corrected chi connectivity index (χ0v) is 12.2. The van der Waals surface area contributed by atoms with Gasteiger partial charge in [0, 0.05) is 30.1 Å². The summed E-state index contributed by atoms with van der Waals surface area (Å²) in [6.45, 7) is 4.80. The number of ether oxygens (including phenoxy) is 1. The van der Waals surface area contributed by atoms with Crippen LogP contribution in [0.2, 0.25) is 0 Å². The number of hydrogen-bond donors (Lipinski definition) is 1. The summed E-state index contributed by atoms with van der Waals surface area (Å²) in [6, 6.07) is 4.81. The molecule has 2 rings (SSSR count). The van der Waals surface area contributed by atoms with Gasteiger partial charge in [0.1, 0.15) is 0 Å². The first-order valence-electron chi connectivity index (χ1n) is 6.66. The number of benzene rings is 1. The van der Waals surface area contributed by atoms with E-state index in [2.05, 4.69) is 10.4 Å². The summed E-state index contributed by atoms with van der Waals surface area (Å²) in [5.74, 6) is 0.247. The van der Waals surface area contributed by atoms with E-state index in [1.807, 2.05) is 24.7 Å². The maximum atomic E-state index is 11.0. The molecule has 1 atom stereocenters. The Morgan fingerprint density at radius 1 is 1.52 bits per heavy atom. The third-order valence-electron chi connectivity index (χ3n) is 3.24. The van der Waals surface area contributed by atoms with Crippen molar-refractivity contribution in [3.05, 3.63) is 46.3 Å². The third-order valence-corrected chi connectivity index (χ3v) is 3.24. The van der Waals surface area contributed by atoms with Crippen molar-refractivity contribution in [3.8, 4) is 5.75 Å². The first-order chi connectivity index (χ1) is 10.0. The highest BCUT2D eigenvalue weighted by atomic mass is 16.6. The monoisotopic (exact) mass is 290 g/mol. The summed E-state index contributed by atoms with van der Waals surface area (Å²) in [6.07, 6.45) is 3.74. The molecule has 0 radical (unpaired) electrons. The van der Waals surface area contributed by atoms with Crippen molar-refractivity contribution >= 4 is 11.4 Å². The van der Waals surface area contributed by atoms with Gasteiger partial charge in [-0.05, 0) is 26.0 Å². The Labute approximate surface area is 122 Å². The normalized spacial score (nSPS) is 12.0. The van der Waals surface area contributed by atoms with Crippen LogP contribution in [0.5, 0.6) is 5.75 Å². The molecule has 7 nitrogen and oxygen atoms in total. The average molecular weight is 290 g/mol. The number of nitro groups is 1. The summed E-state index contributed by atoms with van der Waals surface area (Å²) in [5, 5.41) is 18.5. The number of rotatable bonds is 6. The van der Waals surface area contributed by atoms with Gasteiger partial charge in [-0.25, -0.2) is 0 Å². The Bertz CT molecular complexity index is 639. The first-order valence-corrected chi connectivity index (χ1v) is 6.66. The molecule has 112 valence electrons. The van der Waals surface area contributed by atoms with Gasteiger partial charge in [0.05, 0.1) is 24.3 Å². The number of nitro benzene ring substituents is 1. The fourth-order valence-electron chi connectivity index (χ4n) is 2.03. The standard InChI is InChI=1S/C14H18N4O3/c1-4-17-9-11(8-15-17)10(2)16-12-5-6-14(21-3)13(7-12)18(19)20/h5-10,16H,4H2,1-3H3. The molecular weight excluding hydrogens is 272 g/mol. The molecule has 0 fully saturated rings. The molecule has 0 spiro atoms. The molecule has 0 saturated heterocycles. The Hall–Kier alpha value is -2.57. The van der Waals surface area contributed by atoms with Crippen molar-refractivity contribution in [3.63, 3.8) is 0 Å². The number of aryl methyl sites for hydroxylation is 1. The highest BCUT2D eigenvalue weighted by Gasteiger charge is 2.16. The van der Waals surface area contributed by atoms with E-state index in [9.17, 15) is 10.1 Å². The smallest absolute Gasteiger partial charge is 0.312 e. The lowest BCUT2D eigenvalue weighted by molar-refractivity contribution is -0.385. The highest BCUT2D eigenvalue weighted by Crippen LogP contribution is 2.31. The molecule has 1 N–H and O–H groups in total. The molecule has 7 heteroatoms. The van der Waals surface area contributed by atoms with E-state index in [4.69, 9.17) is 4.74 Å². The van der Waals surface area contributed by atoms with Crippen LogP contribution in [-0.2, 0) is 6.54 Å². The molecule has 1 aromatic heterocycles. The topological polar surface area (TPSA) is 82.2 Å². The molecule has 1 unspecified atom stereocenters. The SMILES string of the molecule is CCn1cc(C(C)Nc2ccc(OC)c([N+](=O)[O-])c2)cn1. The second-order valence-corrected chi connectivity index (χ2v) is 4.64. The summed E-state index contributed by atoms with van der Waals surface area (Å²) in [5.41, 5.74) is 1.63. The van der Waals surface area contributed by atoms with E-state index in [0.29, 0.717) is 5.69 Å². The predicted octanol–water partition coefficient (Wildman–Crippen LogP) is 2.99. The van der Waals surface area contributed by atoms with Crippen molar-refractivity contribution in [1.82, 2.24) is 9.78 Å². The van der Waals surface area contributed by atoms with Gasteiger partial charge in [0.15, 0.2) is 5.75 Å². The number of nitrogens with one attached hydrogen (secondary N) is 1. The van der Waals surface area contributed by atoms with Crippen LogP contribution in [0.25, 0.3) is 0 Å². The second-order valence-electron chi connectivity index (χ2n) is 4.64.